The summed E-state index contributed by atoms with van der Waals surface area (Å²) in [5, 5.41) is 0.251. The summed E-state index contributed by atoms with van der Waals surface area (Å²) in [4.78, 5) is 27.0. The second kappa shape index (κ2) is 10.4. The van der Waals surface area contributed by atoms with Gasteiger partial charge < -0.3 is 10.6 Å². The molecule has 1 aromatic heterocycles. The summed E-state index contributed by atoms with van der Waals surface area (Å²) in [6, 6.07) is 3.71. The number of thioether (sulfide) groups is 1. The third kappa shape index (κ3) is 5.29. The number of hydrogen-bond acceptors (Lipinski definition) is 6. The lowest BCUT2D eigenvalue weighted by molar-refractivity contribution is -0.129. The lowest BCUT2D eigenvalue weighted by Crippen LogP contribution is -2.39. The van der Waals surface area contributed by atoms with Crippen LogP contribution in [0.25, 0.3) is 11.9 Å². The minimum absolute atomic E-state index is 0.0586. The van der Waals surface area contributed by atoms with Crippen LogP contribution in [0.15, 0.2) is 35.6 Å². The summed E-state index contributed by atoms with van der Waals surface area (Å²) < 4.78 is 29.0. The van der Waals surface area contributed by atoms with E-state index in [2.05, 4.69) is 26.8 Å². The molecule has 5 rings (SSSR count). The van der Waals surface area contributed by atoms with Gasteiger partial charge in [-0.2, -0.15) is 0 Å². The van der Waals surface area contributed by atoms with Crippen molar-refractivity contribution in [2.24, 2.45) is 22.6 Å². The fraction of sp³-hybridized carbons (Fsp3) is 0.407. The number of fused-ring (bicyclic) bond motifs is 1. The molecule has 1 amide bonds. The smallest absolute Gasteiger partial charge is 0.239 e. The number of halogens is 2. The van der Waals surface area contributed by atoms with Crippen LogP contribution < -0.4 is 5.73 Å². The van der Waals surface area contributed by atoms with Crippen molar-refractivity contribution in [1.29, 1.82) is 0 Å². The summed E-state index contributed by atoms with van der Waals surface area (Å²) in [5.74, 6) is 5.17. The van der Waals surface area contributed by atoms with Gasteiger partial charge >= 0.3 is 0 Å². The third-order valence-corrected chi connectivity index (χ3v) is 7.50. The first-order chi connectivity index (χ1) is 17.3. The Morgan fingerprint density at radius 1 is 1.25 bits per heavy atom. The molecule has 3 aliphatic rings. The van der Waals surface area contributed by atoms with Gasteiger partial charge in [-0.25, -0.2) is 18.7 Å². The summed E-state index contributed by atoms with van der Waals surface area (Å²) in [7, 11) is 3.38. The maximum Gasteiger partial charge on any atom is 0.239 e. The molecule has 2 saturated carbocycles. The number of aromatic nitrogens is 2. The van der Waals surface area contributed by atoms with E-state index in [-0.39, 0.29) is 22.7 Å². The minimum atomic E-state index is -0.719. The molecule has 0 bridgehead atoms. The average molecular weight is 510 g/mol. The highest BCUT2D eigenvalue weighted by Crippen LogP contribution is 2.64. The molecule has 1 aliphatic heterocycles. The van der Waals surface area contributed by atoms with E-state index >= 15 is 0 Å². The largest absolute Gasteiger partial charge is 0.378 e. The first-order valence-corrected chi connectivity index (χ1v) is 12.8. The highest BCUT2D eigenvalue weighted by Gasteiger charge is 2.67. The van der Waals surface area contributed by atoms with Crippen molar-refractivity contribution in [2.45, 2.75) is 43.9 Å². The van der Waals surface area contributed by atoms with E-state index in [1.807, 2.05) is 13.8 Å². The van der Waals surface area contributed by atoms with E-state index in [1.165, 1.54) is 47.3 Å². The van der Waals surface area contributed by atoms with Gasteiger partial charge in [0.1, 0.15) is 22.0 Å². The van der Waals surface area contributed by atoms with Crippen LogP contribution in [0.4, 0.5) is 8.78 Å². The fourth-order valence-corrected chi connectivity index (χ4v) is 5.52. The van der Waals surface area contributed by atoms with Crippen molar-refractivity contribution >= 4 is 34.7 Å². The predicted molar refractivity (Wildman–Crippen MR) is 140 cm³/mol. The van der Waals surface area contributed by atoms with Crippen LogP contribution in [0.2, 0.25) is 0 Å². The standard InChI is InChI=1S/C25H23F2N5OS.C2H6/c1-32(2)23(33)25-11-18(25)22(31-24(28)34-25)17-9-15(6-8-19(17)26)10-20(27)21-13-29-16(12-30-21)7-5-14-3-4-14;1-2/h6,8-10,12-14,18,22H,3-4,11H2,1-2H3,(H2,28,31);1-2H3/b20-10-;. The van der Waals surface area contributed by atoms with Crippen LogP contribution >= 0.6 is 11.8 Å². The van der Waals surface area contributed by atoms with Crippen LogP contribution in [0.1, 0.15) is 61.7 Å². The van der Waals surface area contributed by atoms with Crippen molar-refractivity contribution in [3.8, 4) is 11.8 Å². The summed E-state index contributed by atoms with van der Waals surface area (Å²) >= 11 is 1.24. The number of aliphatic imine (C=N–C) groups is 1. The first kappa shape index (κ1) is 25.8. The van der Waals surface area contributed by atoms with Gasteiger partial charge in [-0.1, -0.05) is 37.6 Å². The molecule has 36 heavy (non-hydrogen) atoms. The topological polar surface area (TPSA) is 84.5 Å². The Bertz CT molecular complexity index is 1280. The number of rotatable bonds is 4. The summed E-state index contributed by atoms with van der Waals surface area (Å²) in [6.07, 6.45) is 6.84. The van der Waals surface area contributed by atoms with Crippen molar-refractivity contribution in [1.82, 2.24) is 14.9 Å². The van der Waals surface area contributed by atoms with Gasteiger partial charge in [-0.3, -0.25) is 9.79 Å². The van der Waals surface area contributed by atoms with Crippen LogP contribution in [-0.4, -0.2) is 44.8 Å². The van der Waals surface area contributed by atoms with Crippen LogP contribution in [0, 0.1) is 29.5 Å². The van der Waals surface area contributed by atoms with Crippen LogP contribution in [0.5, 0.6) is 0 Å². The first-order valence-electron chi connectivity index (χ1n) is 12.0. The second-order valence-corrected chi connectivity index (χ2v) is 10.4. The van der Waals surface area contributed by atoms with Gasteiger partial charge in [0, 0.05) is 31.5 Å². The Hall–Kier alpha value is -3.25. The van der Waals surface area contributed by atoms with Crippen molar-refractivity contribution < 1.29 is 13.6 Å². The van der Waals surface area contributed by atoms with Gasteiger partial charge in [-0.15, -0.1) is 0 Å². The molecule has 2 aromatic rings. The maximum atomic E-state index is 14.9. The minimum Gasteiger partial charge on any atom is -0.378 e. The number of carbonyl (C=O) groups excluding carboxylic acids is 1. The molecule has 0 spiro atoms. The molecule has 0 saturated heterocycles. The van der Waals surface area contributed by atoms with Crippen molar-refractivity contribution in [3.05, 3.63) is 58.9 Å². The Morgan fingerprint density at radius 2 is 2.00 bits per heavy atom. The van der Waals surface area contributed by atoms with E-state index < -0.39 is 22.4 Å². The quantitative estimate of drug-likeness (QED) is 0.598. The zero-order chi connectivity index (χ0) is 26.0. The fourth-order valence-electron chi connectivity index (χ4n) is 4.16. The van der Waals surface area contributed by atoms with E-state index in [4.69, 9.17) is 5.73 Å². The molecule has 2 fully saturated rings. The van der Waals surface area contributed by atoms with Gasteiger partial charge in [0.2, 0.25) is 5.91 Å². The summed E-state index contributed by atoms with van der Waals surface area (Å²) in [6.45, 7) is 4.00. The van der Waals surface area contributed by atoms with Crippen molar-refractivity contribution in [2.75, 3.05) is 14.1 Å². The zero-order valence-corrected chi connectivity index (χ0v) is 21.6. The number of amides is 1. The molecule has 2 aliphatic carbocycles. The Balaban J connectivity index is 0.00000148. The molecule has 9 heteroatoms. The van der Waals surface area contributed by atoms with Crippen LogP contribution in [0.3, 0.4) is 0 Å². The summed E-state index contributed by atoms with van der Waals surface area (Å²) in [5.41, 5.74) is 7.33. The highest BCUT2D eigenvalue weighted by atomic mass is 32.2. The number of hydrogen-bond donors (Lipinski definition) is 1. The Morgan fingerprint density at radius 3 is 2.64 bits per heavy atom. The predicted octanol–water partition coefficient (Wildman–Crippen LogP) is 4.82. The molecule has 188 valence electrons. The molecule has 6 nitrogen and oxygen atoms in total. The highest BCUT2D eigenvalue weighted by molar-refractivity contribution is 8.15. The maximum absolute atomic E-state index is 14.9. The van der Waals surface area contributed by atoms with E-state index in [9.17, 15) is 13.6 Å². The number of nitrogens with zero attached hydrogens (tertiary/aromatic N) is 4. The Labute approximate surface area is 214 Å². The van der Waals surface area contributed by atoms with Gasteiger partial charge in [0.25, 0.3) is 0 Å². The zero-order valence-electron chi connectivity index (χ0n) is 20.8. The molecule has 2 N–H and O–H groups in total. The molecule has 3 unspecified atom stereocenters. The number of carbonyl (C=O) groups is 1. The lowest BCUT2D eigenvalue weighted by Gasteiger charge is -2.27. The van der Waals surface area contributed by atoms with Gasteiger partial charge in [-0.05, 0) is 49.0 Å². The van der Waals surface area contributed by atoms with Gasteiger partial charge in [0.15, 0.2) is 11.0 Å². The molecule has 1 aromatic carbocycles. The molecule has 0 radical (unpaired) electrons. The molecule has 2 heterocycles. The number of amidine groups is 1. The molecular formula is C27H29F2N5OS. The molecular weight excluding hydrogens is 480 g/mol. The number of benzene rings is 1. The van der Waals surface area contributed by atoms with Gasteiger partial charge in [0.05, 0.1) is 18.4 Å². The van der Waals surface area contributed by atoms with E-state index in [0.717, 1.165) is 12.8 Å². The third-order valence-electron chi connectivity index (χ3n) is 6.17. The monoisotopic (exact) mass is 509 g/mol. The van der Waals surface area contributed by atoms with Crippen molar-refractivity contribution in [3.63, 3.8) is 0 Å². The number of nitrogens with two attached hydrogens (primary N) is 1. The lowest BCUT2D eigenvalue weighted by atomic mass is 9.98. The van der Waals surface area contributed by atoms with E-state index in [0.29, 0.717) is 29.2 Å². The second-order valence-electron chi connectivity index (χ2n) is 9.02. The Kier molecular flexibility index (Phi) is 7.46. The SMILES string of the molecule is CC.CN(C)C(=O)C12CC1C(c1cc(/C=C(\F)c3cnc(C#CC4CC4)cn3)ccc1F)N=C(N)S2. The van der Waals surface area contributed by atoms with E-state index in [1.54, 1.807) is 20.2 Å². The average Bonchev–Trinajstić information content (AvgIpc) is 3.80. The van der Waals surface area contributed by atoms with Crippen LogP contribution in [-0.2, 0) is 4.79 Å². The normalized spacial score (nSPS) is 24.3. The molecule has 3 atom stereocenters.